The van der Waals surface area contributed by atoms with Crippen LogP contribution in [-0.4, -0.2) is 22.3 Å². The van der Waals surface area contributed by atoms with Crippen molar-refractivity contribution in [1.29, 1.82) is 0 Å². The molecule has 1 aromatic rings. The van der Waals surface area contributed by atoms with Crippen LogP contribution in [0.1, 0.15) is 48.5 Å². The first-order chi connectivity index (χ1) is 8.09. The highest BCUT2D eigenvalue weighted by atomic mass is 16.4. The Labute approximate surface area is 102 Å². The normalized spacial score (nSPS) is 12.4. The molecule has 1 atom stereocenters. The maximum atomic E-state index is 10.7. The number of aliphatic hydroxyl groups is 1. The van der Waals surface area contributed by atoms with Gasteiger partial charge in [0.15, 0.2) is 0 Å². The number of carbonyl (C=O) groups is 1. The second kappa shape index (κ2) is 7.07. The third kappa shape index (κ3) is 5.50. The highest BCUT2D eigenvalue weighted by molar-refractivity contribution is 5.87. The molecule has 0 aromatic heterocycles. The molecule has 17 heavy (non-hydrogen) atoms. The number of aliphatic hydroxyl groups excluding tert-OH is 1. The van der Waals surface area contributed by atoms with Gasteiger partial charge in [0, 0.05) is 0 Å². The number of aryl methyl sites for hydroxylation is 1. The average molecular weight is 236 g/mol. The summed E-state index contributed by atoms with van der Waals surface area (Å²) in [4.78, 5) is 10.7. The van der Waals surface area contributed by atoms with Crippen molar-refractivity contribution in [3.8, 4) is 0 Å². The van der Waals surface area contributed by atoms with Crippen molar-refractivity contribution in [3.05, 3.63) is 35.4 Å². The molecule has 0 heterocycles. The van der Waals surface area contributed by atoms with Gasteiger partial charge in [-0.25, -0.2) is 4.79 Å². The van der Waals surface area contributed by atoms with Gasteiger partial charge >= 0.3 is 5.97 Å². The van der Waals surface area contributed by atoms with Crippen molar-refractivity contribution in [2.24, 2.45) is 0 Å². The van der Waals surface area contributed by atoms with Gasteiger partial charge in [-0.2, -0.15) is 0 Å². The summed E-state index contributed by atoms with van der Waals surface area (Å²) in [6.45, 7) is 1.81. The van der Waals surface area contributed by atoms with E-state index in [2.05, 4.69) is 0 Å². The second-order valence-corrected chi connectivity index (χ2v) is 4.45. The topological polar surface area (TPSA) is 57.5 Å². The summed E-state index contributed by atoms with van der Waals surface area (Å²) in [5, 5.41) is 17.8. The summed E-state index contributed by atoms with van der Waals surface area (Å²) >= 11 is 0. The molecule has 0 radical (unpaired) electrons. The van der Waals surface area contributed by atoms with E-state index in [4.69, 9.17) is 10.2 Å². The molecule has 94 valence electrons. The SMILES string of the molecule is CC(O)CCCCCc1ccc(C(=O)O)cc1. The van der Waals surface area contributed by atoms with E-state index in [9.17, 15) is 4.79 Å². The van der Waals surface area contributed by atoms with Gasteiger partial charge in [-0.1, -0.05) is 25.0 Å². The van der Waals surface area contributed by atoms with Crippen molar-refractivity contribution in [3.63, 3.8) is 0 Å². The fourth-order valence-corrected chi connectivity index (χ4v) is 1.76. The lowest BCUT2D eigenvalue weighted by Crippen LogP contribution is -1.99. The lowest BCUT2D eigenvalue weighted by molar-refractivity contribution is 0.0697. The second-order valence-electron chi connectivity index (χ2n) is 4.45. The van der Waals surface area contributed by atoms with E-state index in [1.807, 2.05) is 19.1 Å². The van der Waals surface area contributed by atoms with Crippen LogP contribution in [0.15, 0.2) is 24.3 Å². The van der Waals surface area contributed by atoms with Gasteiger partial charge in [0.2, 0.25) is 0 Å². The van der Waals surface area contributed by atoms with Crippen LogP contribution >= 0.6 is 0 Å². The maximum Gasteiger partial charge on any atom is 0.335 e. The van der Waals surface area contributed by atoms with Gasteiger partial charge in [0.25, 0.3) is 0 Å². The molecule has 3 heteroatoms. The van der Waals surface area contributed by atoms with Crippen LogP contribution in [0.4, 0.5) is 0 Å². The molecule has 0 saturated carbocycles. The van der Waals surface area contributed by atoms with Gasteiger partial charge in [-0.05, 0) is 43.9 Å². The van der Waals surface area contributed by atoms with Crippen molar-refractivity contribution >= 4 is 5.97 Å². The minimum atomic E-state index is -0.881. The minimum absolute atomic E-state index is 0.204. The summed E-state index contributed by atoms with van der Waals surface area (Å²) in [6.07, 6.45) is 4.86. The standard InChI is InChI=1S/C14H20O3/c1-11(15)5-3-2-4-6-12-7-9-13(10-8-12)14(16)17/h7-11,15H,2-6H2,1H3,(H,16,17). The predicted molar refractivity (Wildman–Crippen MR) is 67.3 cm³/mol. The maximum absolute atomic E-state index is 10.7. The lowest BCUT2D eigenvalue weighted by Gasteiger charge is -2.04. The molecule has 0 spiro atoms. The van der Waals surface area contributed by atoms with Crippen LogP contribution in [0.25, 0.3) is 0 Å². The Kier molecular flexibility index (Phi) is 5.70. The van der Waals surface area contributed by atoms with Crippen molar-refractivity contribution < 1.29 is 15.0 Å². The summed E-state index contributed by atoms with van der Waals surface area (Å²) in [5.41, 5.74) is 1.51. The summed E-state index contributed by atoms with van der Waals surface area (Å²) in [6, 6.07) is 7.04. The molecule has 1 aromatic carbocycles. The number of carboxylic acids is 1. The van der Waals surface area contributed by atoms with Crippen LogP contribution in [0, 0.1) is 0 Å². The van der Waals surface area contributed by atoms with E-state index in [1.165, 1.54) is 5.56 Å². The molecule has 0 bridgehead atoms. The van der Waals surface area contributed by atoms with E-state index in [-0.39, 0.29) is 6.10 Å². The molecule has 0 fully saturated rings. The van der Waals surface area contributed by atoms with E-state index in [0.717, 1.165) is 32.1 Å². The van der Waals surface area contributed by atoms with Crippen LogP contribution < -0.4 is 0 Å². The van der Waals surface area contributed by atoms with Crippen LogP contribution in [0.2, 0.25) is 0 Å². The Morgan fingerprint density at radius 2 is 1.82 bits per heavy atom. The molecular weight excluding hydrogens is 216 g/mol. The molecule has 2 N–H and O–H groups in total. The van der Waals surface area contributed by atoms with Crippen LogP contribution in [-0.2, 0) is 6.42 Å². The Hall–Kier alpha value is -1.35. The molecule has 1 rings (SSSR count). The van der Waals surface area contributed by atoms with E-state index < -0.39 is 5.97 Å². The highest BCUT2D eigenvalue weighted by Gasteiger charge is 2.01. The van der Waals surface area contributed by atoms with E-state index >= 15 is 0 Å². The number of benzene rings is 1. The van der Waals surface area contributed by atoms with Gasteiger partial charge in [0.1, 0.15) is 0 Å². The lowest BCUT2D eigenvalue weighted by atomic mass is 10.0. The predicted octanol–water partition coefficient (Wildman–Crippen LogP) is 2.87. The van der Waals surface area contributed by atoms with Crippen molar-refractivity contribution in [1.82, 2.24) is 0 Å². The quantitative estimate of drug-likeness (QED) is 0.716. The first-order valence-corrected chi connectivity index (χ1v) is 6.10. The molecule has 1 unspecified atom stereocenters. The van der Waals surface area contributed by atoms with E-state index in [0.29, 0.717) is 5.56 Å². The number of hydrogen-bond donors (Lipinski definition) is 2. The molecule has 0 aliphatic rings. The Morgan fingerprint density at radius 1 is 1.18 bits per heavy atom. The summed E-state index contributed by atoms with van der Waals surface area (Å²) < 4.78 is 0. The van der Waals surface area contributed by atoms with Crippen LogP contribution in [0.3, 0.4) is 0 Å². The largest absolute Gasteiger partial charge is 0.478 e. The monoisotopic (exact) mass is 236 g/mol. The van der Waals surface area contributed by atoms with Gasteiger partial charge in [-0.15, -0.1) is 0 Å². The number of hydrogen-bond acceptors (Lipinski definition) is 2. The fourth-order valence-electron chi connectivity index (χ4n) is 1.76. The molecule has 3 nitrogen and oxygen atoms in total. The first kappa shape index (κ1) is 13.7. The Balaban J connectivity index is 2.25. The number of unbranched alkanes of at least 4 members (excludes halogenated alkanes) is 2. The molecule has 0 saturated heterocycles. The van der Waals surface area contributed by atoms with Gasteiger partial charge in [0.05, 0.1) is 11.7 Å². The zero-order valence-electron chi connectivity index (χ0n) is 10.2. The molecular formula is C14H20O3. The zero-order valence-corrected chi connectivity index (χ0v) is 10.2. The first-order valence-electron chi connectivity index (χ1n) is 6.10. The van der Waals surface area contributed by atoms with Crippen LogP contribution in [0.5, 0.6) is 0 Å². The van der Waals surface area contributed by atoms with Gasteiger partial charge in [-0.3, -0.25) is 0 Å². The Morgan fingerprint density at radius 3 is 2.35 bits per heavy atom. The average Bonchev–Trinajstić information content (AvgIpc) is 2.29. The highest BCUT2D eigenvalue weighted by Crippen LogP contribution is 2.10. The molecule has 0 aliphatic carbocycles. The molecule has 0 amide bonds. The minimum Gasteiger partial charge on any atom is -0.478 e. The van der Waals surface area contributed by atoms with Crippen molar-refractivity contribution in [2.45, 2.75) is 45.1 Å². The van der Waals surface area contributed by atoms with Crippen molar-refractivity contribution in [2.75, 3.05) is 0 Å². The number of carboxylic acid groups (broad SMARTS) is 1. The summed E-state index contributed by atoms with van der Waals surface area (Å²) in [7, 11) is 0. The third-order valence-electron chi connectivity index (χ3n) is 2.79. The van der Waals surface area contributed by atoms with E-state index in [1.54, 1.807) is 12.1 Å². The van der Waals surface area contributed by atoms with Gasteiger partial charge < -0.3 is 10.2 Å². The number of rotatable bonds is 7. The third-order valence-corrected chi connectivity index (χ3v) is 2.79. The fraction of sp³-hybridized carbons (Fsp3) is 0.500. The summed E-state index contributed by atoms with van der Waals surface area (Å²) in [5.74, 6) is -0.881. The Bertz CT molecular complexity index is 341. The zero-order chi connectivity index (χ0) is 12.7. The smallest absolute Gasteiger partial charge is 0.335 e. The number of aromatic carboxylic acids is 1. The molecule has 0 aliphatic heterocycles.